The van der Waals surface area contributed by atoms with Crippen molar-refractivity contribution in [1.82, 2.24) is 4.90 Å². The number of carbonyl (C=O) groups is 1. The predicted octanol–water partition coefficient (Wildman–Crippen LogP) is 2.92. The Hall–Kier alpha value is -2.35. The Morgan fingerprint density at radius 2 is 1.89 bits per heavy atom. The number of anilines is 1. The molecule has 2 N–H and O–H groups in total. The summed E-state index contributed by atoms with van der Waals surface area (Å²) in [6, 6.07) is 5.87. The van der Waals surface area contributed by atoms with Gasteiger partial charge in [0.15, 0.2) is 5.84 Å². The van der Waals surface area contributed by atoms with Gasteiger partial charge in [-0.3, -0.25) is 4.79 Å². The number of aliphatic hydroxyl groups excluding tert-OH is 1. The van der Waals surface area contributed by atoms with Crippen LogP contribution >= 0.6 is 0 Å². The first-order valence-corrected chi connectivity index (χ1v) is 10.5. The number of para-hydroxylation sites is 1. The van der Waals surface area contributed by atoms with Crippen molar-refractivity contribution in [2.75, 3.05) is 11.9 Å². The molecule has 0 aromatic heterocycles. The molecule has 0 aliphatic carbocycles. The largest absolute Gasteiger partial charge is 0.509 e. The fraction of sp³-hybridized carbons (Fsp3) is 0.474. The number of amides is 1. The molecule has 2 heterocycles. The maximum Gasteiger partial charge on any atom is 0.286 e. The Balaban J connectivity index is 2.03. The molecule has 0 radical (unpaired) electrons. The number of nitrogens with one attached hydrogen (secondary N) is 1. The molecule has 3 rings (SSSR count). The number of hydrogen-bond donors (Lipinski definition) is 2. The molecule has 2 aliphatic rings. The standard InChI is InChI=1S/C19H25N3O4S/c1-11(2)9-10-22-16(12(3)4)17(23)15(19(22)24)18-20-13-7-5-6-8-14(13)27(25,26)21-18/h5-8,11-12,16,23H,9-10H2,1-4H3,(H,20,21)/t16-/m0/s1. The van der Waals surface area contributed by atoms with Crippen molar-refractivity contribution in [3.05, 3.63) is 35.6 Å². The SMILES string of the molecule is CC(C)CCN1C(=O)C(C2=NS(=O)(=O)c3ccccc3N2)=C(O)[C@@H]1C(C)C. The van der Waals surface area contributed by atoms with Crippen LogP contribution in [0.1, 0.15) is 34.1 Å². The van der Waals surface area contributed by atoms with Crippen molar-refractivity contribution < 1.29 is 18.3 Å². The lowest BCUT2D eigenvalue weighted by atomic mass is 10.0. The summed E-state index contributed by atoms with van der Waals surface area (Å²) in [5.41, 5.74) is 0.285. The predicted molar refractivity (Wildman–Crippen MR) is 104 cm³/mol. The third-order valence-electron chi connectivity index (χ3n) is 4.79. The van der Waals surface area contributed by atoms with Crippen LogP contribution in [0.3, 0.4) is 0 Å². The molecule has 1 amide bonds. The van der Waals surface area contributed by atoms with E-state index >= 15 is 0 Å². The minimum absolute atomic E-state index is 0.0216. The molecule has 0 spiro atoms. The van der Waals surface area contributed by atoms with E-state index in [9.17, 15) is 18.3 Å². The molecule has 1 atom stereocenters. The van der Waals surface area contributed by atoms with Crippen LogP contribution in [0.4, 0.5) is 5.69 Å². The highest BCUT2D eigenvalue weighted by atomic mass is 32.2. The van der Waals surface area contributed by atoms with Gasteiger partial charge in [0.1, 0.15) is 16.2 Å². The highest BCUT2D eigenvalue weighted by molar-refractivity contribution is 7.90. The van der Waals surface area contributed by atoms with Gasteiger partial charge in [-0.25, -0.2) is 0 Å². The summed E-state index contributed by atoms with van der Waals surface area (Å²) in [5.74, 6) is -0.262. The van der Waals surface area contributed by atoms with Gasteiger partial charge in [0.05, 0.1) is 11.7 Å². The molecule has 0 saturated heterocycles. The third-order valence-corrected chi connectivity index (χ3v) is 6.13. The number of hydrogen-bond acceptors (Lipinski definition) is 5. The van der Waals surface area contributed by atoms with E-state index in [0.29, 0.717) is 18.2 Å². The summed E-state index contributed by atoms with van der Waals surface area (Å²) < 4.78 is 28.8. The number of aliphatic hydroxyl groups is 1. The van der Waals surface area contributed by atoms with E-state index in [-0.39, 0.29) is 28.0 Å². The van der Waals surface area contributed by atoms with E-state index in [4.69, 9.17) is 0 Å². The molecule has 0 bridgehead atoms. The van der Waals surface area contributed by atoms with Gasteiger partial charge in [-0.05, 0) is 30.4 Å². The minimum Gasteiger partial charge on any atom is -0.509 e. The molecule has 27 heavy (non-hydrogen) atoms. The highest BCUT2D eigenvalue weighted by Gasteiger charge is 2.44. The third kappa shape index (κ3) is 3.45. The summed E-state index contributed by atoms with van der Waals surface area (Å²) in [4.78, 5) is 14.7. The molecule has 0 saturated carbocycles. The minimum atomic E-state index is -3.95. The van der Waals surface area contributed by atoms with Crippen molar-refractivity contribution in [1.29, 1.82) is 0 Å². The zero-order valence-corrected chi connectivity index (χ0v) is 16.7. The maximum absolute atomic E-state index is 13.1. The quantitative estimate of drug-likeness (QED) is 0.804. The molecule has 7 nitrogen and oxygen atoms in total. The zero-order valence-electron chi connectivity index (χ0n) is 15.9. The molecular formula is C19H25N3O4S. The summed E-state index contributed by atoms with van der Waals surface area (Å²) >= 11 is 0. The lowest BCUT2D eigenvalue weighted by Gasteiger charge is -2.28. The molecule has 8 heteroatoms. The number of fused-ring (bicyclic) bond motifs is 1. The highest BCUT2D eigenvalue weighted by Crippen LogP contribution is 2.34. The van der Waals surface area contributed by atoms with Gasteiger partial charge in [-0.15, -0.1) is 4.40 Å². The first kappa shape index (κ1) is 19.4. The van der Waals surface area contributed by atoms with Crippen LogP contribution in [-0.2, 0) is 14.8 Å². The van der Waals surface area contributed by atoms with E-state index in [1.807, 2.05) is 13.8 Å². The number of nitrogens with zero attached hydrogens (tertiary/aromatic N) is 2. The van der Waals surface area contributed by atoms with Crippen molar-refractivity contribution in [3.63, 3.8) is 0 Å². The summed E-state index contributed by atoms with van der Waals surface area (Å²) in [5, 5.41) is 13.7. The second kappa shape index (κ2) is 6.99. The zero-order chi connectivity index (χ0) is 19.9. The number of rotatable bonds is 5. The molecule has 1 aromatic carbocycles. The average molecular weight is 391 g/mol. The molecule has 1 aromatic rings. The van der Waals surface area contributed by atoms with Gasteiger partial charge in [0, 0.05) is 6.54 Å². The van der Waals surface area contributed by atoms with Crippen molar-refractivity contribution in [2.45, 2.75) is 45.1 Å². The Labute approximate surface area is 159 Å². The van der Waals surface area contributed by atoms with Gasteiger partial charge in [0.2, 0.25) is 0 Å². The van der Waals surface area contributed by atoms with Crippen molar-refractivity contribution in [2.24, 2.45) is 16.2 Å². The van der Waals surface area contributed by atoms with Gasteiger partial charge in [0.25, 0.3) is 15.9 Å². The van der Waals surface area contributed by atoms with E-state index in [2.05, 4.69) is 23.6 Å². The molecule has 146 valence electrons. The first-order valence-electron chi connectivity index (χ1n) is 9.09. The topological polar surface area (TPSA) is 99.1 Å². The molecule has 2 aliphatic heterocycles. The Morgan fingerprint density at radius 1 is 1.22 bits per heavy atom. The lowest BCUT2D eigenvalue weighted by Crippen LogP contribution is -2.40. The second-order valence-electron chi connectivity index (χ2n) is 7.67. The average Bonchev–Trinajstić information content (AvgIpc) is 2.82. The lowest BCUT2D eigenvalue weighted by molar-refractivity contribution is -0.127. The number of amidine groups is 1. The van der Waals surface area contributed by atoms with E-state index in [1.165, 1.54) is 6.07 Å². The monoisotopic (exact) mass is 391 g/mol. The normalized spacial score (nSPS) is 21.6. The summed E-state index contributed by atoms with van der Waals surface area (Å²) in [7, 11) is -3.95. The maximum atomic E-state index is 13.1. The smallest absolute Gasteiger partial charge is 0.286 e. The fourth-order valence-corrected chi connectivity index (χ4v) is 4.56. The molecular weight excluding hydrogens is 366 g/mol. The number of sulfonamides is 1. The Bertz CT molecular complexity index is 932. The van der Waals surface area contributed by atoms with E-state index in [1.54, 1.807) is 23.1 Å². The van der Waals surface area contributed by atoms with Crippen LogP contribution in [0.25, 0.3) is 0 Å². The first-order chi connectivity index (χ1) is 12.6. The second-order valence-corrected chi connectivity index (χ2v) is 9.24. The van der Waals surface area contributed by atoms with Crippen molar-refractivity contribution in [3.8, 4) is 0 Å². The van der Waals surface area contributed by atoms with Gasteiger partial charge < -0.3 is 15.3 Å². The number of carbonyl (C=O) groups excluding carboxylic acids is 1. The van der Waals surface area contributed by atoms with Crippen LogP contribution in [0.2, 0.25) is 0 Å². The van der Waals surface area contributed by atoms with Crippen LogP contribution in [0.15, 0.2) is 44.9 Å². The van der Waals surface area contributed by atoms with E-state index < -0.39 is 22.0 Å². The van der Waals surface area contributed by atoms with Crippen LogP contribution in [0, 0.1) is 11.8 Å². The summed E-state index contributed by atoms with van der Waals surface area (Å²) in [6.07, 6.45) is 0.788. The Morgan fingerprint density at radius 3 is 2.52 bits per heavy atom. The fourth-order valence-electron chi connectivity index (χ4n) is 3.43. The van der Waals surface area contributed by atoms with Gasteiger partial charge >= 0.3 is 0 Å². The molecule has 0 unspecified atom stereocenters. The van der Waals surface area contributed by atoms with Crippen molar-refractivity contribution >= 4 is 27.5 Å². The van der Waals surface area contributed by atoms with Crippen LogP contribution in [0.5, 0.6) is 0 Å². The molecule has 0 fully saturated rings. The van der Waals surface area contributed by atoms with Gasteiger partial charge in [-0.2, -0.15) is 8.42 Å². The summed E-state index contributed by atoms with van der Waals surface area (Å²) in [6.45, 7) is 8.46. The number of benzene rings is 1. The van der Waals surface area contributed by atoms with E-state index in [0.717, 1.165) is 6.42 Å². The van der Waals surface area contributed by atoms with Crippen LogP contribution in [-0.4, -0.2) is 42.8 Å². The van der Waals surface area contributed by atoms with Crippen LogP contribution < -0.4 is 5.32 Å². The van der Waals surface area contributed by atoms with Gasteiger partial charge in [-0.1, -0.05) is 39.8 Å². The Kier molecular flexibility index (Phi) is 5.03.